The Morgan fingerprint density at radius 3 is 3.00 bits per heavy atom. The van der Waals surface area contributed by atoms with E-state index in [1.165, 1.54) is 0 Å². The van der Waals surface area contributed by atoms with Crippen LogP contribution in [0, 0.1) is 11.3 Å². The summed E-state index contributed by atoms with van der Waals surface area (Å²) in [6.07, 6.45) is 3.06. The monoisotopic (exact) mass is 225 g/mol. The minimum absolute atomic E-state index is 0.00521. The first-order chi connectivity index (χ1) is 7.69. The summed E-state index contributed by atoms with van der Waals surface area (Å²) in [7, 11) is 1.54. The largest absolute Gasteiger partial charge is 0.555 e. The first-order valence-electron chi connectivity index (χ1n) is 5.59. The number of hydrogen-bond acceptors (Lipinski definition) is 5. The molecule has 1 saturated carbocycles. The summed E-state index contributed by atoms with van der Waals surface area (Å²) in [6.45, 7) is 2.21. The van der Waals surface area contributed by atoms with Crippen molar-refractivity contribution < 1.29 is 14.2 Å². The van der Waals surface area contributed by atoms with Crippen molar-refractivity contribution in [2.24, 2.45) is 11.7 Å². The minimum Gasteiger partial charge on any atom is -0.555 e. The highest BCUT2D eigenvalue weighted by atomic mass is 16.5. The fraction of sp³-hybridized carbons (Fsp3) is 0.800. The van der Waals surface area contributed by atoms with E-state index in [4.69, 9.17) is 20.5 Å². The maximum absolute atomic E-state index is 11.6. The Hall–Kier alpha value is -1.04. The number of carbonyl (C=O) groups is 1. The van der Waals surface area contributed by atoms with Gasteiger partial charge >= 0.3 is 13.5 Å². The first kappa shape index (κ1) is 13.0. The van der Waals surface area contributed by atoms with E-state index >= 15 is 0 Å². The van der Waals surface area contributed by atoms with Crippen molar-refractivity contribution in [1.29, 1.82) is 5.41 Å². The second-order valence-corrected chi connectivity index (χ2v) is 3.98. The van der Waals surface area contributed by atoms with E-state index in [9.17, 15) is 4.79 Å². The van der Waals surface area contributed by atoms with E-state index in [0.29, 0.717) is 13.0 Å². The van der Waals surface area contributed by atoms with Gasteiger partial charge in [0, 0.05) is 6.04 Å². The van der Waals surface area contributed by atoms with Gasteiger partial charge in [-0.05, 0) is 32.0 Å². The van der Waals surface area contributed by atoms with Crippen LogP contribution >= 0.6 is 0 Å². The molecule has 0 saturated heterocycles. The Morgan fingerprint density at radius 1 is 1.62 bits per heavy atom. The quantitative estimate of drug-likeness (QED) is 0.312. The Morgan fingerprint density at radius 2 is 2.38 bits per heavy atom. The second-order valence-electron chi connectivity index (χ2n) is 3.98. The molecule has 1 fully saturated rings. The lowest BCUT2D eigenvalue weighted by atomic mass is 9.64. The molecule has 0 unspecified atom stereocenters. The van der Waals surface area contributed by atoms with E-state index in [2.05, 4.69) is 0 Å². The highest BCUT2D eigenvalue weighted by Gasteiger charge is 2.34. The average molecular weight is 225 g/mol. The third-order valence-corrected chi connectivity index (χ3v) is 2.90. The zero-order valence-corrected chi connectivity index (χ0v) is 9.52. The van der Waals surface area contributed by atoms with E-state index in [1.807, 2.05) is 0 Å². The minimum atomic E-state index is -0.150. The molecule has 0 aliphatic heterocycles. The Labute approximate surface area is 96.5 Å². The van der Waals surface area contributed by atoms with Gasteiger partial charge in [-0.3, -0.25) is 10.2 Å². The van der Waals surface area contributed by atoms with Crippen LogP contribution in [-0.2, 0) is 14.2 Å². The number of esters is 1. The number of rotatable bonds is 5. The van der Waals surface area contributed by atoms with Gasteiger partial charge in [0.15, 0.2) is 0 Å². The van der Waals surface area contributed by atoms with Gasteiger partial charge in [0.25, 0.3) is 0 Å². The lowest BCUT2D eigenvalue weighted by Gasteiger charge is -2.31. The number of carbonyl (C=O) groups excluding carboxylic acids is 1. The number of hydrogen-bond donors (Lipinski definition) is 2. The van der Waals surface area contributed by atoms with Gasteiger partial charge in [-0.25, -0.2) is 0 Å². The fourth-order valence-electron chi connectivity index (χ4n) is 2.00. The van der Waals surface area contributed by atoms with Crippen LogP contribution in [-0.4, -0.2) is 32.5 Å². The molecule has 1 aliphatic carbocycles. The summed E-state index contributed by atoms with van der Waals surface area (Å²) in [5.41, 5.74) is 5.92. The molecule has 0 bridgehead atoms. The summed E-state index contributed by atoms with van der Waals surface area (Å²) >= 11 is 0. The average Bonchev–Trinajstić information content (AvgIpc) is 2.28. The van der Waals surface area contributed by atoms with Gasteiger partial charge in [-0.15, -0.1) is 0 Å². The van der Waals surface area contributed by atoms with E-state index in [0.717, 1.165) is 19.2 Å². The van der Waals surface area contributed by atoms with Crippen molar-refractivity contribution in [1.82, 2.24) is 0 Å². The van der Waals surface area contributed by atoms with E-state index in [1.54, 1.807) is 14.4 Å². The van der Waals surface area contributed by atoms with Crippen molar-refractivity contribution in [3.63, 3.8) is 0 Å². The highest BCUT2D eigenvalue weighted by Crippen LogP contribution is 2.32. The molecular weight excluding hydrogens is 207 g/mol. The molecule has 16 heavy (non-hydrogen) atoms. The standard InChI is InChI=1S/C10H18BN2O3/c1-2-15-10(14)7-3-4-9(13)8(5-7)11-16-6-12/h6-9,12H,2-5,13H2,1H3/t7-,8+,9-/m0/s1. The maximum atomic E-state index is 11.6. The zero-order chi connectivity index (χ0) is 12.0. The van der Waals surface area contributed by atoms with Crippen molar-refractivity contribution in [2.75, 3.05) is 6.61 Å². The molecule has 5 nitrogen and oxygen atoms in total. The zero-order valence-electron chi connectivity index (χ0n) is 9.52. The summed E-state index contributed by atoms with van der Waals surface area (Å²) in [6, 6.07) is 0.00521. The van der Waals surface area contributed by atoms with Gasteiger partial charge < -0.3 is 15.1 Å². The normalized spacial score (nSPS) is 29.2. The van der Waals surface area contributed by atoms with E-state index < -0.39 is 0 Å². The smallest absolute Gasteiger partial charge is 0.376 e. The molecule has 1 radical (unpaired) electrons. The number of ether oxygens (including phenoxy) is 1. The molecule has 1 rings (SSSR count). The van der Waals surface area contributed by atoms with Crippen LogP contribution < -0.4 is 5.73 Å². The molecule has 0 heterocycles. The molecule has 3 atom stereocenters. The Balaban J connectivity index is 2.46. The number of nitrogens with one attached hydrogen (secondary N) is 1. The van der Waals surface area contributed by atoms with Crippen LogP contribution in [0.1, 0.15) is 26.2 Å². The summed E-state index contributed by atoms with van der Waals surface area (Å²) in [5, 5.41) is 6.78. The summed E-state index contributed by atoms with van der Waals surface area (Å²) in [4.78, 5) is 11.6. The van der Waals surface area contributed by atoms with Crippen molar-refractivity contribution in [2.45, 2.75) is 38.0 Å². The number of nitrogens with two attached hydrogens (primary N) is 1. The van der Waals surface area contributed by atoms with Crippen molar-refractivity contribution >= 4 is 19.9 Å². The molecule has 0 amide bonds. The SMILES string of the molecule is CCOC(=O)[C@H]1CC[C@H](N)[C@H]([B]OC=N)C1. The van der Waals surface area contributed by atoms with E-state index in [-0.39, 0.29) is 23.7 Å². The molecule has 0 aromatic carbocycles. The molecular formula is C10H18BN2O3. The molecule has 0 aromatic heterocycles. The van der Waals surface area contributed by atoms with Crippen LogP contribution in [0.15, 0.2) is 0 Å². The molecule has 89 valence electrons. The molecule has 1 aliphatic rings. The highest BCUT2D eigenvalue weighted by molar-refractivity contribution is 6.32. The second kappa shape index (κ2) is 6.53. The predicted molar refractivity (Wildman–Crippen MR) is 61.3 cm³/mol. The van der Waals surface area contributed by atoms with Crippen molar-refractivity contribution in [3.05, 3.63) is 0 Å². The molecule has 0 aromatic rings. The van der Waals surface area contributed by atoms with Gasteiger partial charge in [0.2, 0.25) is 0 Å². The van der Waals surface area contributed by atoms with Gasteiger partial charge in [0.1, 0.15) is 6.40 Å². The van der Waals surface area contributed by atoms with Gasteiger partial charge in [-0.2, -0.15) is 0 Å². The molecule has 0 spiro atoms. The predicted octanol–water partition coefficient (Wildman–Crippen LogP) is 0.708. The lowest BCUT2D eigenvalue weighted by molar-refractivity contribution is -0.149. The van der Waals surface area contributed by atoms with Gasteiger partial charge in [0.05, 0.1) is 12.5 Å². The lowest BCUT2D eigenvalue weighted by Crippen LogP contribution is -2.38. The molecule has 6 heteroatoms. The molecule has 3 N–H and O–H groups in total. The summed E-state index contributed by atoms with van der Waals surface area (Å²) in [5.74, 6) is -0.220. The first-order valence-corrected chi connectivity index (χ1v) is 5.59. The van der Waals surface area contributed by atoms with Crippen LogP contribution in [0.3, 0.4) is 0 Å². The fourth-order valence-corrected chi connectivity index (χ4v) is 2.00. The third-order valence-electron chi connectivity index (χ3n) is 2.90. The third kappa shape index (κ3) is 3.52. The van der Waals surface area contributed by atoms with Gasteiger partial charge in [-0.1, -0.05) is 0 Å². The Bertz CT molecular complexity index is 250. The summed E-state index contributed by atoms with van der Waals surface area (Å²) < 4.78 is 9.81. The Kier molecular flexibility index (Phi) is 5.32. The topological polar surface area (TPSA) is 85.4 Å². The maximum Gasteiger partial charge on any atom is 0.376 e. The van der Waals surface area contributed by atoms with Crippen LogP contribution in [0.4, 0.5) is 0 Å². The van der Waals surface area contributed by atoms with Crippen molar-refractivity contribution in [3.8, 4) is 0 Å². The van der Waals surface area contributed by atoms with Crippen LogP contribution in [0.2, 0.25) is 5.82 Å². The van der Waals surface area contributed by atoms with Crippen LogP contribution in [0.5, 0.6) is 0 Å². The van der Waals surface area contributed by atoms with Crippen LogP contribution in [0.25, 0.3) is 0 Å².